The van der Waals surface area contributed by atoms with E-state index >= 15 is 0 Å². The molecule has 110 valence electrons. The number of anilines is 1. The second-order valence-corrected chi connectivity index (χ2v) is 6.32. The van der Waals surface area contributed by atoms with Crippen LogP contribution in [0.4, 0.5) is 5.82 Å². The Kier molecular flexibility index (Phi) is 4.08. The van der Waals surface area contributed by atoms with Gasteiger partial charge in [-0.3, -0.25) is 14.6 Å². The molecule has 0 fully saturated rings. The van der Waals surface area contributed by atoms with Crippen LogP contribution in [0, 0.1) is 0 Å². The zero-order valence-electron chi connectivity index (χ0n) is 11.1. The van der Waals surface area contributed by atoms with Gasteiger partial charge in [0.25, 0.3) is 5.91 Å². The van der Waals surface area contributed by atoms with E-state index in [-0.39, 0.29) is 11.3 Å². The van der Waals surface area contributed by atoms with Crippen molar-refractivity contribution in [3.63, 3.8) is 0 Å². The van der Waals surface area contributed by atoms with Crippen LogP contribution in [-0.4, -0.2) is 15.9 Å². The van der Waals surface area contributed by atoms with Gasteiger partial charge in [-0.05, 0) is 40.2 Å². The molecule has 0 aliphatic heterocycles. The molecule has 2 N–H and O–H groups in total. The molecule has 0 atom stereocenters. The average molecular weight is 423 g/mol. The summed E-state index contributed by atoms with van der Waals surface area (Å²) in [5, 5.41) is 3.21. The topological polar surface area (TPSA) is 74.8 Å². The van der Waals surface area contributed by atoms with Crippen molar-refractivity contribution in [3.05, 3.63) is 67.5 Å². The van der Waals surface area contributed by atoms with E-state index in [1.54, 1.807) is 24.3 Å². The van der Waals surface area contributed by atoms with E-state index < -0.39 is 0 Å². The van der Waals surface area contributed by atoms with Crippen LogP contribution in [0.2, 0.25) is 0 Å². The Morgan fingerprint density at radius 3 is 2.59 bits per heavy atom. The molecule has 2 aromatic heterocycles. The molecule has 22 heavy (non-hydrogen) atoms. The molecule has 0 bridgehead atoms. The smallest absolute Gasteiger partial charge is 0.256 e. The number of nitrogens with one attached hydrogen (secondary N) is 2. The maximum atomic E-state index is 12.2. The number of carbonyl (C=O) groups excluding carboxylic acids is 1. The average Bonchev–Trinajstić information content (AvgIpc) is 2.46. The third kappa shape index (κ3) is 2.95. The molecule has 0 radical (unpaired) electrons. The molecule has 0 spiro atoms. The van der Waals surface area contributed by atoms with Crippen molar-refractivity contribution < 1.29 is 4.79 Å². The highest BCUT2D eigenvalue weighted by atomic mass is 79.9. The summed E-state index contributed by atoms with van der Waals surface area (Å²) in [6, 6.07) is 8.14. The quantitative estimate of drug-likeness (QED) is 0.661. The zero-order valence-corrected chi connectivity index (χ0v) is 14.2. The number of H-pyrrole nitrogens is 1. The molecule has 3 rings (SSSR count). The molecule has 0 aliphatic rings. The van der Waals surface area contributed by atoms with Crippen molar-refractivity contribution in [2.24, 2.45) is 0 Å². The monoisotopic (exact) mass is 421 g/mol. The molecule has 0 saturated carbocycles. The lowest BCUT2D eigenvalue weighted by atomic mass is 10.2. The number of carbonyl (C=O) groups is 1. The summed E-state index contributed by atoms with van der Waals surface area (Å²) in [6.45, 7) is 0. The standard InChI is InChI=1S/C15H9Br2N3O2/c16-9-5-10(17)14-11(6-9)19-13(7-12(14)21)20-15(22)8-1-3-18-4-2-8/h1-7H,(H2,19,20,21,22). The van der Waals surface area contributed by atoms with Gasteiger partial charge in [0, 0.05) is 33.0 Å². The van der Waals surface area contributed by atoms with E-state index in [0.717, 1.165) is 4.47 Å². The summed E-state index contributed by atoms with van der Waals surface area (Å²) in [5.41, 5.74) is 0.906. The lowest BCUT2D eigenvalue weighted by molar-refractivity contribution is 0.102. The van der Waals surface area contributed by atoms with Crippen molar-refractivity contribution in [1.82, 2.24) is 9.97 Å². The largest absolute Gasteiger partial charge is 0.341 e. The Morgan fingerprint density at radius 2 is 1.86 bits per heavy atom. The molecule has 7 heteroatoms. The van der Waals surface area contributed by atoms with Gasteiger partial charge in [-0.2, -0.15) is 0 Å². The van der Waals surface area contributed by atoms with Crippen LogP contribution in [0.1, 0.15) is 10.4 Å². The number of benzene rings is 1. The lowest BCUT2D eigenvalue weighted by Gasteiger charge is -2.08. The van der Waals surface area contributed by atoms with Crippen molar-refractivity contribution >= 4 is 54.5 Å². The van der Waals surface area contributed by atoms with Crippen LogP contribution in [0.3, 0.4) is 0 Å². The van der Waals surface area contributed by atoms with Gasteiger partial charge in [0.15, 0.2) is 5.43 Å². The summed E-state index contributed by atoms with van der Waals surface area (Å²) >= 11 is 6.74. The molecule has 0 saturated heterocycles. The van der Waals surface area contributed by atoms with Gasteiger partial charge in [0.1, 0.15) is 5.82 Å². The van der Waals surface area contributed by atoms with Gasteiger partial charge in [0.05, 0.1) is 10.9 Å². The number of hydrogen-bond acceptors (Lipinski definition) is 3. The van der Waals surface area contributed by atoms with E-state index in [2.05, 4.69) is 47.1 Å². The van der Waals surface area contributed by atoms with Crippen molar-refractivity contribution in [3.8, 4) is 0 Å². The number of fused-ring (bicyclic) bond motifs is 1. The van der Waals surface area contributed by atoms with Gasteiger partial charge in [-0.25, -0.2) is 0 Å². The Labute approximate surface area is 142 Å². The highest BCUT2D eigenvalue weighted by Crippen LogP contribution is 2.26. The Balaban J connectivity index is 2.02. The van der Waals surface area contributed by atoms with Gasteiger partial charge in [0.2, 0.25) is 0 Å². The van der Waals surface area contributed by atoms with Gasteiger partial charge in [-0.15, -0.1) is 0 Å². The minimum Gasteiger partial charge on any atom is -0.341 e. The Bertz CT molecular complexity index is 923. The normalized spacial score (nSPS) is 10.6. The summed E-state index contributed by atoms with van der Waals surface area (Å²) in [6.07, 6.45) is 3.07. The van der Waals surface area contributed by atoms with Gasteiger partial charge >= 0.3 is 0 Å². The van der Waals surface area contributed by atoms with Crippen LogP contribution >= 0.6 is 31.9 Å². The third-order valence-corrected chi connectivity index (χ3v) is 4.12. The zero-order chi connectivity index (χ0) is 15.7. The van der Waals surface area contributed by atoms with Crippen molar-refractivity contribution in [2.45, 2.75) is 0 Å². The van der Waals surface area contributed by atoms with Crippen molar-refractivity contribution in [1.29, 1.82) is 0 Å². The SMILES string of the molecule is O=C(Nc1cc(=O)c2c(Br)cc(Br)cc2[nH]1)c1ccncc1. The number of rotatable bonds is 2. The fourth-order valence-electron chi connectivity index (χ4n) is 2.07. The molecule has 1 aromatic carbocycles. The molecule has 3 aromatic rings. The van der Waals surface area contributed by atoms with E-state index in [9.17, 15) is 9.59 Å². The molecule has 5 nitrogen and oxygen atoms in total. The molecule has 0 aliphatic carbocycles. The molecule has 2 heterocycles. The minimum atomic E-state index is -0.313. The minimum absolute atomic E-state index is 0.182. The summed E-state index contributed by atoms with van der Waals surface area (Å²) in [7, 11) is 0. The highest BCUT2D eigenvalue weighted by molar-refractivity contribution is 9.11. The molecule has 0 unspecified atom stereocenters. The van der Waals surface area contributed by atoms with Gasteiger partial charge in [-0.1, -0.05) is 15.9 Å². The second-order valence-electron chi connectivity index (χ2n) is 4.55. The van der Waals surface area contributed by atoms with E-state index in [0.29, 0.717) is 26.8 Å². The molecule has 1 amide bonds. The van der Waals surface area contributed by atoms with Gasteiger partial charge < -0.3 is 10.3 Å². The van der Waals surface area contributed by atoms with E-state index in [4.69, 9.17) is 0 Å². The molecular formula is C15H9Br2N3O2. The lowest BCUT2D eigenvalue weighted by Crippen LogP contribution is -2.15. The molecular weight excluding hydrogens is 414 g/mol. The van der Waals surface area contributed by atoms with Crippen LogP contribution < -0.4 is 10.7 Å². The fourth-order valence-corrected chi connectivity index (χ4v) is 3.49. The van der Waals surface area contributed by atoms with Crippen LogP contribution in [-0.2, 0) is 0 Å². The maximum Gasteiger partial charge on any atom is 0.256 e. The van der Waals surface area contributed by atoms with E-state index in [1.807, 2.05) is 0 Å². The first-order valence-corrected chi connectivity index (χ1v) is 7.86. The third-order valence-electron chi connectivity index (χ3n) is 3.04. The number of amides is 1. The first-order chi connectivity index (χ1) is 10.5. The number of aromatic amines is 1. The Morgan fingerprint density at radius 1 is 1.14 bits per heavy atom. The second kappa shape index (κ2) is 6.02. The van der Waals surface area contributed by atoms with Crippen LogP contribution in [0.5, 0.6) is 0 Å². The summed E-state index contributed by atoms with van der Waals surface area (Å²) in [4.78, 5) is 31.2. The first kappa shape index (κ1) is 14.9. The van der Waals surface area contributed by atoms with Crippen molar-refractivity contribution in [2.75, 3.05) is 5.32 Å². The number of hydrogen-bond donors (Lipinski definition) is 2. The number of nitrogens with zero attached hydrogens (tertiary/aromatic N) is 1. The van der Waals surface area contributed by atoms with Crippen LogP contribution in [0.15, 0.2) is 56.5 Å². The predicted molar refractivity (Wildman–Crippen MR) is 92.2 cm³/mol. The Hall–Kier alpha value is -1.99. The first-order valence-electron chi connectivity index (χ1n) is 6.28. The van der Waals surface area contributed by atoms with E-state index in [1.165, 1.54) is 18.5 Å². The summed E-state index contributed by atoms with van der Waals surface area (Å²) < 4.78 is 1.50. The fraction of sp³-hybridized carbons (Fsp3) is 0. The van der Waals surface area contributed by atoms with Crippen LogP contribution in [0.25, 0.3) is 10.9 Å². The number of aromatic nitrogens is 2. The number of halogens is 2. The highest BCUT2D eigenvalue weighted by Gasteiger charge is 2.10. The maximum absolute atomic E-state index is 12.2. The predicted octanol–water partition coefficient (Wildman–Crippen LogP) is 3.70. The summed E-state index contributed by atoms with van der Waals surface area (Å²) in [5.74, 6) is 0.0239. The number of pyridine rings is 2.